The minimum absolute atomic E-state index is 0.154. The van der Waals surface area contributed by atoms with Gasteiger partial charge in [-0.25, -0.2) is 9.59 Å². The molecule has 8 heteroatoms. The molecule has 0 bridgehead atoms. The number of thiophene rings is 1. The van der Waals surface area contributed by atoms with Crippen LogP contribution in [0.25, 0.3) is 10.2 Å². The van der Waals surface area contributed by atoms with Gasteiger partial charge in [0.15, 0.2) is 0 Å². The third kappa shape index (κ3) is 4.04. The monoisotopic (exact) mass is 413 g/mol. The SMILES string of the molecule is CC(C1CCNCC1)n1c(=O)[nH]c2sc(C(=O)OCc3ccccc3)cc2c1=O. The van der Waals surface area contributed by atoms with E-state index in [2.05, 4.69) is 10.3 Å². The average molecular weight is 413 g/mol. The fraction of sp³-hybridized carbons (Fsp3) is 0.381. The molecule has 0 aliphatic carbocycles. The summed E-state index contributed by atoms with van der Waals surface area (Å²) in [6, 6.07) is 10.7. The highest BCUT2D eigenvalue weighted by Crippen LogP contribution is 2.26. The Morgan fingerprint density at radius 3 is 2.69 bits per heavy atom. The van der Waals surface area contributed by atoms with Gasteiger partial charge in [0.1, 0.15) is 16.3 Å². The molecular formula is C21H23N3O4S. The summed E-state index contributed by atoms with van der Waals surface area (Å²) in [6.07, 6.45) is 1.84. The van der Waals surface area contributed by atoms with E-state index < -0.39 is 11.7 Å². The molecule has 1 saturated heterocycles. The molecule has 0 spiro atoms. The summed E-state index contributed by atoms with van der Waals surface area (Å²) >= 11 is 1.07. The van der Waals surface area contributed by atoms with E-state index in [4.69, 9.17) is 4.74 Å². The number of hydrogen-bond donors (Lipinski definition) is 2. The van der Waals surface area contributed by atoms with Crippen molar-refractivity contribution < 1.29 is 9.53 Å². The molecule has 2 N–H and O–H groups in total. The van der Waals surface area contributed by atoms with E-state index in [1.54, 1.807) is 0 Å². The Hall–Kier alpha value is -2.71. The maximum Gasteiger partial charge on any atom is 0.348 e. The average Bonchev–Trinajstić information content (AvgIpc) is 3.17. The number of nitrogens with zero attached hydrogens (tertiary/aromatic N) is 1. The Kier molecular flexibility index (Phi) is 5.64. The van der Waals surface area contributed by atoms with Gasteiger partial charge in [0.25, 0.3) is 5.56 Å². The quantitative estimate of drug-likeness (QED) is 0.628. The lowest BCUT2D eigenvalue weighted by atomic mass is 9.91. The lowest BCUT2D eigenvalue weighted by molar-refractivity contribution is 0.0478. The van der Waals surface area contributed by atoms with Crippen molar-refractivity contribution in [2.45, 2.75) is 32.4 Å². The van der Waals surface area contributed by atoms with E-state index in [1.165, 1.54) is 10.6 Å². The topological polar surface area (TPSA) is 93.2 Å². The van der Waals surface area contributed by atoms with Gasteiger partial charge in [0, 0.05) is 6.04 Å². The second kappa shape index (κ2) is 8.34. The summed E-state index contributed by atoms with van der Waals surface area (Å²) in [4.78, 5) is 41.5. The standard InChI is InChI=1S/C21H23N3O4S/c1-13(15-7-9-22-10-8-15)24-19(25)16-11-17(29-18(16)23-21(24)27)20(26)28-12-14-5-3-2-4-6-14/h2-6,11,13,15,22H,7-10,12H2,1H3,(H,23,27). The molecule has 2 aromatic heterocycles. The maximum absolute atomic E-state index is 13.0. The first kappa shape index (κ1) is 19.6. The molecule has 1 aromatic carbocycles. The van der Waals surface area contributed by atoms with E-state index in [0.29, 0.717) is 15.1 Å². The van der Waals surface area contributed by atoms with E-state index in [0.717, 1.165) is 42.8 Å². The summed E-state index contributed by atoms with van der Waals surface area (Å²) in [5, 5.41) is 3.65. The number of benzene rings is 1. The number of rotatable bonds is 5. The molecule has 3 aromatic rings. The number of H-pyrrole nitrogens is 1. The molecule has 1 fully saturated rings. The van der Waals surface area contributed by atoms with Gasteiger partial charge in [-0.3, -0.25) is 14.3 Å². The molecule has 152 valence electrons. The number of nitrogens with one attached hydrogen (secondary N) is 2. The Labute approximate surface area is 171 Å². The van der Waals surface area contributed by atoms with Crippen molar-refractivity contribution in [2.75, 3.05) is 13.1 Å². The summed E-state index contributed by atoms with van der Waals surface area (Å²) in [5.41, 5.74) is 0.0984. The largest absolute Gasteiger partial charge is 0.457 e. The molecule has 3 heterocycles. The molecule has 7 nitrogen and oxygen atoms in total. The van der Waals surface area contributed by atoms with Crippen LogP contribution in [0.5, 0.6) is 0 Å². The van der Waals surface area contributed by atoms with Crippen LogP contribution in [0.15, 0.2) is 46.0 Å². The summed E-state index contributed by atoms with van der Waals surface area (Å²) in [7, 11) is 0. The first-order chi connectivity index (χ1) is 14.0. The van der Waals surface area contributed by atoms with E-state index in [-0.39, 0.29) is 24.1 Å². The van der Waals surface area contributed by atoms with Crippen LogP contribution in [-0.2, 0) is 11.3 Å². The van der Waals surface area contributed by atoms with Crippen molar-refractivity contribution in [3.05, 3.63) is 67.7 Å². The second-order valence-electron chi connectivity index (χ2n) is 7.35. The normalized spacial score (nSPS) is 16.0. The fourth-order valence-electron chi connectivity index (χ4n) is 3.82. The van der Waals surface area contributed by atoms with Crippen LogP contribution in [0.4, 0.5) is 0 Å². The van der Waals surface area contributed by atoms with Crippen LogP contribution in [0.3, 0.4) is 0 Å². The summed E-state index contributed by atoms with van der Waals surface area (Å²) in [6.45, 7) is 3.85. The van der Waals surface area contributed by atoms with Gasteiger partial charge in [-0.15, -0.1) is 11.3 Å². The highest BCUT2D eigenvalue weighted by Gasteiger charge is 2.25. The fourth-order valence-corrected chi connectivity index (χ4v) is 4.76. The lowest BCUT2D eigenvalue weighted by Gasteiger charge is -2.28. The smallest absolute Gasteiger partial charge is 0.348 e. The van der Waals surface area contributed by atoms with Gasteiger partial charge in [-0.1, -0.05) is 30.3 Å². The molecule has 4 rings (SSSR count). The Balaban J connectivity index is 1.60. The van der Waals surface area contributed by atoms with Gasteiger partial charge in [-0.2, -0.15) is 0 Å². The van der Waals surface area contributed by atoms with Gasteiger partial charge < -0.3 is 10.1 Å². The molecule has 1 unspecified atom stereocenters. The van der Waals surface area contributed by atoms with E-state index in [1.807, 2.05) is 37.3 Å². The molecule has 29 heavy (non-hydrogen) atoms. The van der Waals surface area contributed by atoms with Gasteiger partial charge in [-0.05, 0) is 50.4 Å². The number of piperidine rings is 1. The molecule has 1 aliphatic rings. The number of esters is 1. The molecular weight excluding hydrogens is 390 g/mol. The Bertz CT molecular complexity index is 1130. The zero-order chi connectivity index (χ0) is 20.4. The summed E-state index contributed by atoms with van der Waals surface area (Å²) in [5.74, 6) is -0.241. The maximum atomic E-state index is 13.0. The van der Waals surface area contributed by atoms with E-state index >= 15 is 0 Å². The van der Waals surface area contributed by atoms with Gasteiger partial charge >= 0.3 is 11.7 Å². The van der Waals surface area contributed by atoms with Crippen molar-refractivity contribution in [3.8, 4) is 0 Å². The van der Waals surface area contributed by atoms with Crippen LogP contribution < -0.4 is 16.6 Å². The van der Waals surface area contributed by atoms with E-state index in [9.17, 15) is 14.4 Å². The number of ether oxygens (including phenoxy) is 1. The number of fused-ring (bicyclic) bond motifs is 1. The van der Waals surface area contributed by atoms with Crippen molar-refractivity contribution in [2.24, 2.45) is 5.92 Å². The van der Waals surface area contributed by atoms with Crippen LogP contribution in [-0.4, -0.2) is 28.6 Å². The highest BCUT2D eigenvalue weighted by molar-refractivity contribution is 7.20. The third-order valence-corrected chi connectivity index (χ3v) is 6.54. The number of carbonyl (C=O) groups excluding carboxylic acids is 1. The van der Waals surface area contributed by atoms with Gasteiger partial charge in [0.2, 0.25) is 0 Å². The molecule has 1 aliphatic heterocycles. The first-order valence-electron chi connectivity index (χ1n) is 9.74. The number of carbonyl (C=O) groups is 1. The van der Waals surface area contributed by atoms with Crippen LogP contribution >= 0.6 is 11.3 Å². The zero-order valence-electron chi connectivity index (χ0n) is 16.1. The molecule has 0 amide bonds. The van der Waals surface area contributed by atoms with Crippen molar-refractivity contribution >= 4 is 27.5 Å². The number of aromatic amines is 1. The lowest BCUT2D eigenvalue weighted by Crippen LogP contribution is -2.41. The van der Waals surface area contributed by atoms with Crippen LogP contribution in [0, 0.1) is 5.92 Å². The Morgan fingerprint density at radius 2 is 1.97 bits per heavy atom. The third-order valence-electron chi connectivity index (χ3n) is 5.51. The number of aromatic nitrogens is 2. The molecule has 1 atom stereocenters. The van der Waals surface area contributed by atoms with Crippen LogP contribution in [0.1, 0.15) is 41.0 Å². The van der Waals surface area contributed by atoms with Crippen molar-refractivity contribution in [1.82, 2.24) is 14.9 Å². The van der Waals surface area contributed by atoms with Gasteiger partial charge in [0.05, 0.1) is 5.39 Å². The molecule has 0 radical (unpaired) electrons. The number of hydrogen-bond acceptors (Lipinski definition) is 6. The first-order valence-corrected chi connectivity index (χ1v) is 10.6. The predicted octanol–water partition coefficient (Wildman–Crippen LogP) is 2.67. The van der Waals surface area contributed by atoms with Crippen LogP contribution in [0.2, 0.25) is 0 Å². The highest BCUT2D eigenvalue weighted by atomic mass is 32.1. The second-order valence-corrected chi connectivity index (χ2v) is 8.40. The minimum Gasteiger partial charge on any atom is -0.457 e. The predicted molar refractivity (Wildman–Crippen MR) is 113 cm³/mol. The van der Waals surface area contributed by atoms with Crippen molar-refractivity contribution in [3.63, 3.8) is 0 Å². The zero-order valence-corrected chi connectivity index (χ0v) is 17.0. The summed E-state index contributed by atoms with van der Waals surface area (Å²) < 4.78 is 6.65. The van der Waals surface area contributed by atoms with Crippen molar-refractivity contribution in [1.29, 1.82) is 0 Å². The minimum atomic E-state index is -0.506. The Morgan fingerprint density at radius 1 is 1.24 bits per heavy atom. The molecule has 0 saturated carbocycles.